The normalized spacial score (nSPS) is 18.4. The van der Waals surface area contributed by atoms with Gasteiger partial charge in [0.15, 0.2) is 5.13 Å². The van der Waals surface area contributed by atoms with Crippen LogP contribution in [0.15, 0.2) is 18.2 Å². The van der Waals surface area contributed by atoms with Gasteiger partial charge in [0, 0.05) is 13.0 Å². The molecular weight excluding hydrogens is 292 g/mol. The Balaban J connectivity index is 1.90. The Morgan fingerprint density at radius 2 is 2.38 bits per heavy atom. The van der Waals surface area contributed by atoms with E-state index in [0.717, 1.165) is 16.0 Å². The van der Waals surface area contributed by atoms with Gasteiger partial charge in [-0.1, -0.05) is 11.3 Å². The number of carboxylic acids is 1. The largest absolute Gasteiger partial charge is 0.494 e. The molecule has 1 atom stereocenters. The van der Waals surface area contributed by atoms with Crippen LogP contribution >= 0.6 is 11.3 Å². The van der Waals surface area contributed by atoms with Crippen LogP contribution in [0, 0.1) is 5.92 Å². The molecule has 2 heterocycles. The number of rotatable bonds is 4. The molecule has 1 aromatic heterocycles. The topological polar surface area (TPSA) is 79.7 Å². The van der Waals surface area contributed by atoms with Gasteiger partial charge in [0.2, 0.25) is 5.91 Å². The van der Waals surface area contributed by atoms with Gasteiger partial charge in [-0.3, -0.25) is 14.5 Å². The van der Waals surface area contributed by atoms with E-state index in [2.05, 4.69) is 4.98 Å². The van der Waals surface area contributed by atoms with E-state index in [-0.39, 0.29) is 18.9 Å². The quantitative estimate of drug-likeness (QED) is 0.936. The summed E-state index contributed by atoms with van der Waals surface area (Å²) in [6, 6.07) is 5.56. The second-order valence-electron chi connectivity index (χ2n) is 4.80. The van der Waals surface area contributed by atoms with E-state index in [9.17, 15) is 9.59 Å². The third kappa shape index (κ3) is 2.56. The highest BCUT2D eigenvalue weighted by Crippen LogP contribution is 2.34. The molecule has 6 nitrogen and oxygen atoms in total. The van der Waals surface area contributed by atoms with E-state index in [4.69, 9.17) is 9.84 Å². The van der Waals surface area contributed by atoms with Crippen LogP contribution in [0.3, 0.4) is 0 Å². The Kier molecular flexibility index (Phi) is 3.50. The molecule has 1 fully saturated rings. The fourth-order valence-electron chi connectivity index (χ4n) is 2.32. The van der Waals surface area contributed by atoms with Crippen molar-refractivity contribution in [2.24, 2.45) is 5.92 Å². The van der Waals surface area contributed by atoms with Crippen LogP contribution in [0.2, 0.25) is 0 Å². The number of carboxylic acid groups (broad SMARTS) is 1. The number of benzene rings is 1. The molecule has 1 N–H and O–H groups in total. The third-order valence-electron chi connectivity index (χ3n) is 3.36. The molecule has 1 aliphatic heterocycles. The van der Waals surface area contributed by atoms with E-state index in [1.54, 1.807) is 0 Å². The van der Waals surface area contributed by atoms with Crippen LogP contribution in [0.4, 0.5) is 5.13 Å². The molecule has 1 saturated heterocycles. The molecule has 1 unspecified atom stereocenters. The van der Waals surface area contributed by atoms with Crippen molar-refractivity contribution in [2.45, 2.75) is 13.3 Å². The Morgan fingerprint density at radius 1 is 1.57 bits per heavy atom. The first-order valence-electron chi connectivity index (χ1n) is 6.65. The number of hydrogen-bond donors (Lipinski definition) is 1. The molecule has 0 aliphatic carbocycles. The summed E-state index contributed by atoms with van der Waals surface area (Å²) in [5.74, 6) is -1.02. The Bertz CT molecular complexity index is 712. The number of thiazole rings is 1. The summed E-state index contributed by atoms with van der Waals surface area (Å²) in [7, 11) is 0. The molecule has 0 saturated carbocycles. The van der Waals surface area contributed by atoms with Gasteiger partial charge < -0.3 is 9.84 Å². The molecule has 3 rings (SSSR count). The first-order valence-corrected chi connectivity index (χ1v) is 7.46. The van der Waals surface area contributed by atoms with E-state index in [1.807, 2.05) is 25.1 Å². The average molecular weight is 306 g/mol. The van der Waals surface area contributed by atoms with E-state index in [0.29, 0.717) is 11.7 Å². The van der Waals surface area contributed by atoms with Crippen LogP contribution in [-0.4, -0.2) is 35.1 Å². The molecule has 0 spiro atoms. The highest BCUT2D eigenvalue weighted by molar-refractivity contribution is 7.22. The zero-order chi connectivity index (χ0) is 15.0. The summed E-state index contributed by atoms with van der Waals surface area (Å²) in [4.78, 5) is 28.8. The van der Waals surface area contributed by atoms with Crippen molar-refractivity contribution in [3.05, 3.63) is 18.2 Å². The first kappa shape index (κ1) is 13.8. The zero-order valence-corrected chi connectivity index (χ0v) is 12.2. The smallest absolute Gasteiger partial charge is 0.308 e. The van der Waals surface area contributed by atoms with Gasteiger partial charge in [0.25, 0.3) is 0 Å². The lowest BCUT2D eigenvalue weighted by Crippen LogP contribution is -2.25. The number of carbonyl (C=O) groups excluding carboxylic acids is 1. The summed E-state index contributed by atoms with van der Waals surface area (Å²) in [5, 5.41) is 9.57. The predicted octanol–water partition coefficient (Wildman–Crippen LogP) is 2.13. The standard InChI is InChI=1S/C14H14N2O4S/c1-2-20-9-3-4-10-11(6-9)21-14(15-10)16-7-8(13(18)19)5-12(16)17/h3-4,6,8H,2,5,7H2,1H3,(H,18,19). The molecule has 0 bridgehead atoms. The Labute approximate surface area is 125 Å². The average Bonchev–Trinajstić information content (AvgIpc) is 3.01. The lowest BCUT2D eigenvalue weighted by atomic mass is 10.1. The number of ether oxygens (including phenoxy) is 1. The van der Waals surface area contributed by atoms with Gasteiger partial charge in [-0.15, -0.1) is 0 Å². The summed E-state index contributed by atoms with van der Waals surface area (Å²) in [5.41, 5.74) is 0.782. The summed E-state index contributed by atoms with van der Waals surface area (Å²) >= 11 is 1.37. The number of fused-ring (bicyclic) bond motifs is 1. The SMILES string of the molecule is CCOc1ccc2nc(N3CC(C(=O)O)CC3=O)sc2c1. The van der Waals surface area contributed by atoms with Crippen LogP contribution in [0.5, 0.6) is 5.75 Å². The van der Waals surface area contributed by atoms with Gasteiger partial charge in [-0.05, 0) is 25.1 Å². The molecule has 1 amide bonds. The first-order chi connectivity index (χ1) is 10.1. The van der Waals surface area contributed by atoms with Crippen molar-refractivity contribution < 1.29 is 19.4 Å². The number of aliphatic carboxylic acids is 1. The van der Waals surface area contributed by atoms with E-state index < -0.39 is 11.9 Å². The molecule has 0 radical (unpaired) electrons. The minimum absolute atomic E-state index is 0.0372. The highest BCUT2D eigenvalue weighted by atomic mass is 32.1. The lowest BCUT2D eigenvalue weighted by Gasteiger charge is -2.10. The highest BCUT2D eigenvalue weighted by Gasteiger charge is 2.36. The van der Waals surface area contributed by atoms with Gasteiger partial charge in [0.1, 0.15) is 5.75 Å². The maximum absolute atomic E-state index is 11.9. The Hall–Kier alpha value is -2.15. The minimum Gasteiger partial charge on any atom is -0.494 e. The number of anilines is 1. The molecule has 7 heteroatoms. The van der Waals surface area contributed by atoms with Gasteiger partial charge >= 0.3 is 5.97 Å². The van der Waals surface area contributed by atoms with Crippen LogP contribution in [0.1, 0.15) is 13.3 Å². The van der Waals surface area contributed by atoms with Gasteiger partial charge in [0.05, 0.1) is 22.7 Å². The fraction of sp³-hybridized carbons (Fsp3) is 0.357. The third-order valence-corrected chi connectivity index (χ3v) is 4.41. The summed E-state index contributed by atoms with van der Waals surface area (Å²) in [6.45, 7) is 2.69. The number of nitrogens with zero attached hydrogens (tertiary/aromatic N) is 2. The van der Waals surface area contributed by atoms with Crippen molar-refractivity contribution in [3.8, 4) is 5.75 Å². The second-order valence-corrected chi connectivity index (χ2v) is 5.81. The number of carbonyl (C=O) groups is 2. The number of aromatic nitrogens is 1. The molecule has 2 aromatic rings. The monoisotopic (exact) mass is 306 g/mol. The van der Waals surface area contributed by atoms with E-state index >= 15 is 0 Å². The van der Waals surface area contributed by atoms with E-state index in [1.165, 1.54) is 16.2 Å². The molecule has 110 valence electrons. The maximum Gasteiger partial charge on any atom is 0.308 e. The van der Waals surface area contributed by atoms with Crippen molar-refractivity contribution in [1.29, 1.82) is 0 Å². The van der Waals surface area contributed by atoms with Crippen molar-refractivity contribution in [3.63, 3.8) is 0 Å². The maximum atomic E-state index is 11.9. The summed E-state index contributed by atoms with van der Waals surface area (Å²) < 4.78 is 6.36. The predicted molar refractivity (Wildman–Crippen MR) is 78.9 cm³/mol. The molecular formula is C14H14N2O4S. The van der Waals surface area contributed by atoms with Gasteiger partial charge in [-0.25, -0.2) is 4.98 Å². The molecule has 1 aliphatic rings. The summed E-state index contributed by atoms with van der Waals surface area (Å²) in [6.07, 6.45) is 0.0372. The van der Waals surface area contributed by atoms with Crippen molar-refractivity contribution >= 4 is 38.6 Å². The number of hydrogen-bond acceptors (Lipinski definition) is 5. The fourth-order valence-corrected chi connectivity index (χ4v) is 3.34. The van der Waals surface area contributed by atoms with Gasteiger partial charge in [-0.2, -0.15) is 0 Å². The molecule has 21 heavy (non-hydrogen) atoms. The van der Waals surface area contributed by atoms with Crippen LogP contribution < -0.4 is 9.64 Å². The van der Waals surface area contributed by atoms with Crippen molar-refractivity contribution in [1.82, 2.24) is 4.98 Å². The van der Waals surface area contributed by atoms with Crippen molar-refractivity contribution in [2.75, 3.05) is 18.1 Å². The second kappa shape index (κ2) is 5.33. The zero-order valence-electron chi connectivity index (χ0n) is 11.4. The molecule has 1 aromatic carbocycles. The lowest BCUT2D eigenvalue weighted by molar-refractivity contribution is -0.141. The Morgan fingerprint density at radius 3 is 3.05 bits per heavy atom. The van der Waals surface area contributed by atoms with Crippen LogP contribution in [-0.2, 0) is 9.59 Å². The van der Waals surface area contributed by atoms with Crippen LogP contribution in [0.25, 0.3) is 10.2 Å². The minimum atomic E-state index is -0.939. The number of amides is 1.